The molecule has 20 heavy (non-hydrogen) atoms. The Hall–Kier alpha value is -1.45. The van der Waals surface area contributed by atoms with Crippen LogP contribution in [0.5, 0.6) is 0 Å². The first-order valence-electron chi connectivity index (χ1n) is 7.05. The molecule has 3 rings (SSSR count). The summed E-state index contributed by atoms with van der Waals surface area (Å²) in [7, 11) is -0.994. The molecule has 0 amide bonds. The normalized spacial score (nSPS) is 15.1. The van der Waals surface area contributed by atoms with Crippen LogP contribution in [-0.4, -0.2) is 4.21 Å². The van der Waals surface area contributed by atoms with Crippen molar-refractivity contribution < 1.29 is 4.21 Å². The van der Waals surface area contributed by atoms with Gasteiger partial charge in [0.1, 0.15) is 0 Å². The van der Waals surface area contributed by atoms with E-state index in [1.807, 2.05) is 30.3 Å². The standard InChI is InChI=1S/C17H19NOS/c18-11-15-4-1-2-5-16(15)12-20(19)17-9-8-13-6-3-7-14(13)10-17/h1-2,4-5,8-10H,3,6-7,11-12,18H2. The molecule has 1 atom stereocenters. The number of aryl methyl sites for hydroxylation is 2. The van der Waals surface area contributed by atoms with E-state index in [9.17, 15) is 4.21 Å². The number of rotatable bonds is 4. The third-order valence-corrected chi connectivity index (χ3v) is 5.31. The van der Waals surface area contributed by atoms with Crippen molar-refractivity contribution in [3.05, 3.63) is 64.7 Å². The number of benzene rings is 2. The molecule has 0 fully saturated rings. The Balaban J connectivity index is 1.83. The Labute approximate surface area is 122 Å². The van der Waals surface area contributed by atoms with E-state index in [4.69, 9.17) is 5.73 Å². The van der Waals surface area contributed by atoms with E-state index in [0.717, 1.165) is 28.9 Å². The molecule has 1 aliphatic carbocycles. The highest BCUT2D eigenvalue weighted by molar-refractivity contribution is 7.84. The molecule has 3 heteroatoms. The highest BCUT2D eigenvalue weighted by Gasteiger charge is 2.14. The summed E-state index contributed by atoms with van der Waals surface area (Å²) in [6, 6.07) is 14.3. The second kappa shape index (κ2) is 5.90. The van der Waals surface area contributed by atoms with Crippen LogP contribution < -0.4 is 5.73 Å². The van der Waals surface area contributed by atoms with Gasteiger partial charge in [0.25, 0.3) is 0 Å². The maximum Gasteiger partial charge on any atom is 0.0574 e. The summed E-state index contributed by atoms with van der Waals surface area (Å²) in [6.45, 7) is 0.498. The fourth-order valence-corrected chi connectivity index (χ4v) is 4.04. The van der Waals surface area contributed by atoms with E-state index in [-0.39, 0.29) is 0 Å². The minimum absolute atomic E-state index is 0.498. The van der Waals surface area contributed by atoms with E-state index in [0.29, 0.717) is 12.3 Å². The maximum atomic E-state index is 12.6. The van der Waals surface area contributed by atoms with Crippen molar-refractivity contribution in [3.8, 4) is 0 Å². The molecule has 1 unspecified atom stereocenters. The zero-order valence-electron chi connectivity index (χ0n) is 11.5. The molecule has 2 aromatic rings. The molecule has 1 aliphatic rings. The van der Waals surface area contributed by atoms with Gasteiger partial charge in [-0.1, -0.05) is 30.3 Å². The van der Waals surface area contributed by atoms with E-state index in [1.54, 1.807) is 0 Å². The molecule has 2 N–H and O–H groups in total. The fourth-order valence-electron chi connectivity index (χ4n) is 2.81. The average Bonchev–Trinajstić information content (AvgIpc) is 2.95. The largest absolute Gasteiger partial charge is 0.326 e. The van der Waals surface area contributed by atoms with Crippen LogP contribution in [-0.2, 0) is 35.9 Å². The van der Waals surface area contributed by atoms with Gasteiger partial charge in [-0.05, 0) is 53.6 Å². The van der Waals surface area contributed by atoms with Crippen molar-refractivity contribution in [2.75, 3.05) is 0 Å². The smallest absolute Gasteiger partial charge is 0.0574 e. The van der Waals surface area contributed by atoms with Gasteiger partial charge in [-0.2, -0.15) is 0 Å². The third-order valence-electron chi connectivity index (χ3n) is 3.96. The van der Waals surface area contributed by atoms with Gasteiger partial charge in [-0.3, -0.25) is 4.21 Å². The molecular formula is C17H19NOS. The SMILES string of the molecule is NCc1ccccc1CS(=O)c1ccc2c(c1)CCC2. The van der Waals surface area contributed by atoms with Crippen LogP contribution in [0.3, 0.4) is 0 Å². The van der Waals surface area contributed by atoms with Crippen LogP contribution in [0.25, 0.3) is 0 Å². The Morgan fingerprint density at radius 2 is 1.75 bits per heavy atom. The topological polar surface area (TPSA) is 43.1 Å². The molecular weight excluding hydrogens is 266 g/mol. The Morgan fingerprint density at radius 3 is 2.55 bits per heavy atom. The lowest BCUT2D eigenvalue weighted by molar-refractivity contribution is 0.682. The molecule has 104 valence electrons. The predicted octanol–water partition coefficient (Wildman–Crippen LogP) is 2.94. The van der Waals surface area contributed by atoms with Gasteiger partial charge in [0.05, 0.1) is 16.6 Å². The van der Waals surface area contributed by atoms with Crippen molar-refractivity contribution >= 4 is 10.8 Å². The summed E-state index contributed by atoms with van der Waals surface area (Å²) < 4.78 is 12.6. The molecule has 0 bridgehead atoms. The second-order valence-electron chi connectivity index (χ2n) is 5.25. The minimum Gasteiger partial charge on any atom is -0.326 e. The molecule has 0 saturated carbocycles. The van der Waals surface area contributed by atoms with Gasteiger partial charge in [-0.25, -0.2) is 0 Å². The molecule has 2 aromatic carbocycles. The lowest BCUT2D eigenvalue weighted by Gasteiger charge is -2.09. The van der Waals surface area contributed by atoms with Gasteiger partial charge in [0, 0.05) is 11.4 Å². The van der Waals surface area contributed by atoms with Gasteiger partial charge < -0.3 is 5.73 Å². The zero-order valence-corrected chi connectivity index (χ0v) is 12.3. The van der Waals surface area contributed by atoms with Crippen LogP contribution >= 0.6 is 0 Å². The molecule has 0 spiro atoms. The van der Waals surface area contributed by atoms with E-state index in [2.05, 4.69) is 12.1 Å². The quantitative estimate of drug-likeness (QED) is 0.938. The second-order valence-corrected chi connectivity index (χ2v) is 6.70. The summed E-state index contributed by atoms with van der Waals surface area (Å²) in [6.07, 6.45) is 3.51. The lowest BCUT2D eigenvalue weighted by Crippen LogP contribution is -2.04. The summed E-state index contributed by atoms with van der Waals surface area (Å²) in [5, 5.41) is 0. The van der Waals surface area contributed by atoms with E-state index in [1.165, 1.54) is 17.5 Å². The van der Waals surface area contributed by atoms with Crippen LogP contribution in [0, 0.1) is 0 Å². The van der Waals surface area contributed by atoms with Gasteiger partial charge in [0.2, 0.25) is 0 Å². The Bertz CT molecular complexity index is 651. The summed E-state index contributed by atoms with van der Waals surface area (Å²) in [5.41, 5.74) is 10.7. The molecule has 0 aromatic heterocycles. The van der Waals surface area contributed by atoms with Crippen LogP contribution in [0.1, 0.15) is 28.7 Å². The number of nitrogens with two attached hydrogens (primary N) is 1. The lowest BCUT2D eigenvalue weighted by atomic mass is 10.1. The van der Waals surface area contributed by atoms with Gasteiger partial charge in [-0.15, -0.1) is 0 Å². The monoisotopic (exact) mass is 285 g/mol. The average molecular weight is 285 g/mol. The van der Waals surface area contributed by atoms with Crippen LogP contribution in [0.15, 0.2) is 47.4 Å². The third kappa shape index (κ3) is 2.69. The highest BCUT2D eigenvalue weighted by Crippen LogP contribution is 2.25. The molecule has 0 saturated heterocycles. The van der Waals surface area contributed by atoms with Crippen molar-refractivity contribution in [2.24, 2.45) is 5.73 Å². The van der Waals surface area contributed by atoms with Gasteiger partial charge >= 0.3 is 0 Å². The van der Waals surface area contributed by atoms with Crippen LogP contribution in [0.4, 0.5) is 0 Å². The highest BCUT2D eigenvalue weighted by atomic mass is 32.2. The maximum absolute atomic E-state index is 12.6. The Kier molecular flexibility index (Phi) is 3.99. The first kappa shape index (κ1) is 13.5. The summed E-state index contributed by atoms with van der Waals surface area (Å²) >= 11 is 0. The van der Waals surface area contributed by atoms with Crippen molar-refractivity contribution in [1.82, 2.24) is 0 Å². The minimum atomic E-state index is -0.994. The number of hydrogen-bond acceptors (Lipinski definition) is 2. The molecule has 0 radical (unpaired) electrons. The summed E-state index contributed by atoms with van der Waals surface area (Å²) in [5.74, 6) is 0.548. The van der Waals surface area contributed by atoms with E-state index < -0.39 is 10.8 Å². The fraction of sp³-hybridized carbons (Fsp3) is 0.294. The van der Waals surface area contributed by atoms with E-state index >= 15 is 0 Å². The van der Waals surface area contributed by atoms with Crippen molar-refractivity contribution in [2.45, 2.75) is 36.5 Å². The first-order chi connectivity index (χ1) is 9.78. The molecule has 2 nitrogen and oxygen atoms in total. The predicted molar refractivity (Wildman–Crippen MR) is 82.9 cm³/mol. The Morgan fingerprint density at radius 1 is 1.00 bits per heavy atom. The molecule has 0 aliphatic heterocycles. The van der Waals surface area contributed by atoms with Crippen LogP contribution in [0.2, 0.25) is 0 Å². The molecule has 0 heterocycles. The zero-order chi connectivity index (χ0) is 13.9. The first-order valence-corrected chi connectivity index (χ1v) is 8.37. The van der Waals surface area contributed by atoms with Crippen molar-refractivity contribution in [3.63, 3.8) is 0 Å². The van der Waals surface area contributed by atoms with Gasteiger partial charge in [0.15, 0.2) is 0 Å². The van der Waals surface area contributed by atoms with Crippen molar-refractivity contribution in [1.29, 1.82) is 0 Å². The number of fused-ring (bicyclic) bond motifs is 1. The summed E-state index contributed by atoms with van der Waals surface area (Å²) in [4.78, 5) is 0.942. The number of hydrogen-bond donors (Lipinski definition) is 1.